The van der Waals surface area contributed by atoms with E-state index in [1.165, 1.54) is 11.3 Å². The summed E-state index contributed by atoms with van der Waals surface area (Å²) in [5.74, 6) is 0.220. The van der Waals surface area contributed by atoms with Gasteiger partial charge in [0, 0.05) is 32.1 Å². The fourth-order valence-corrected chi connectivity index (χ4v) is 3.89. The Labute approximate surface area is 121 Å². The molecule has 6 heteroatoms. The number of likely N-dealkylation sites (tertiary alicyclic amines) is 1. The topological polar surface area (TPSA) is 32.3 Å². The van der Waals surface area contributed by atoms with E-state index >= 15 is 0 Å². The number of halogens is 2. The molecule has 0 aliphatic carbocycles. The highest BCUT2D eigenvalue weighted by atomic mass is 35.5. The maximum atomic E-state index is 11.4. The zero-order valence-electron chi connectivity index (χ0n) is 10.4. The molecule has 0 spiro atoms. The second kappa shape index (κ2) is 5.78. The number of likely N-dealkylation sites (N-methyl/N-ethyl adjacent to an activating group) is 1. The molecular formula is C12H16Cl2N2OS. The van der Waals surface area contributed by atoms with Gasteiger partial charge >= 0.3 is 0 Å². The fourth-order valence-electron chi connectivity index (χ4n) is 2.24. The second-order valence-electron chi connectivity index (χ2n) is 4.68. The molecule has 1 aromatic rings. The molecule has 2 rings (SSSR count). The average molecular weight is 307 g/mol. The van der Waals surface area contributed by atoms with Gasteiger partial charge in [0.05, 0.1) is 8.67 Å². The van der Waals surface area contributed by atoms with Gasteiger partial charge in [0.1, 0.15) is 0 Å². The van der Waals surface area contributed by atoms with Gasteiger partial charge in [0.2, 0.25) is 5.91 Å². The van der Waals surface area contributed by atoms with Gasteiger partial charge in [-0.25, -0.2) is 0 Å². The molecule has 1 aliphatic heterocycles. The highest BCUT2D eigenvalue weighted by molar-refractivity contribution is 7.20. The Morgan fingerprint density at radius 3 is 2.83 bits per heavy atom. The van der Waals surface area contributed by atoms with Gasteiger partial charge in [-0.1, -0.05) is 23.2 Å². The molecule has 1 aliphatic rings. The summed E-state index contributed by atoms with van der Waals surface area (Å²) in [5.41, 5.74) is 1.03. The third-order valence-electron chi connectivity index (χ3n) is 3.26. The van der Waals surface area contributed by atoms with Crippen molar-refractivity contribution < 1.29 is 4.79 Å². The minimum absolute atomic E-state index is 0.146. The Bertz CT molecular complexity index is 449. The summed E-state index contributed by atoms with van der Waals surface area (Å²) in [6.07, 6.45) is 1.49. The van der Waals surface area contributed by atoms with Crippen molar-refractivity contribution in [1.29, 1.82) is 0 Å². The van der Waals surface area contributed by atoms with Crippen molar-refractivity contribution in [2.24, 2.45) is 0 Å². The summed E-state index contributed by atoms with van der Waals surface area (Å²) in [7, 11) is 1.84. The van der Waals surface area contributed by atoms with Crippen LogP contribution in [0.5, 0.6) is 0 Å². The number of thiophene rings is 1. The van der Waals surface area contributed by atoms with Crippen molar-refractivity contribution in [3.05, 3.63) is 20.3 Å². The van der Waals surface area contributed by atoms with Crippen LogP contribution in [0.4, 0.5) is 0 Å². The van der Waals surface area contributed by atoms with Crippen LogP contribution in [0.15, 0.2) is 6.07 Å². The van der Waals surface area contributed by atoms with Gasteiger partial charge in [0.25, 0.3) is 0 Å². The third kappa shape index (κ3) is 3.18. The molecule has 0 aromatic carbocycles. The van der Waals surface area contributed by atoms with Crippen LogP contribution in [0.2, 0.25) is 8.67 Å². The minimum atomic E-state index is 0.146. The Morgan fingerprint density at radius 1 is 1.56 bits per heavy atom. The van der Waals surface area contributed by atoms with Crippen molar-refractivity contribution in [2.75, 3.05) is 13.6 Å². The van der Waals surface area contributed by atoms with Gasteiger partial charge in [-0.15, -0.1) is 11.3 Å². The molecular weight excluding hydrogens is 291 g/mol. The zero-order valence-corrected chi connectivity index (χ0v) is 12.7. The van der Waals surface area contributed by atoms with Crippen LogP contribution in [0.3, 0.4) is 0 Å². The Balaban J connectivity index is 1.97. The SMILES string of the molecule is CC(NC1CCC(=O)N(C)C1)c1cc(Cl)sc1Cl. The first-order chi connectivity index (χ1) is 8.47. The van der Waals surface area contributed by atoms with Gasteiger partial charge in [-0.2, -0.15) is 0 Å². The molecule has 1 amide bonds. The summed E-state index contributed by atoms with van der Waals surface area (Å²) in [5, 5.41) is 3.51. The van der Waals surface area contributed by atoms with Crippen molar-refractivity contribution in [2.45, 2.75) is 31.8 Å². The summed E-state index contributed by atoms with van der Waals surface area (Å²) in [6, 6.07) is 2.37. The lowest BCUT2D eigenvalue weighted by molar-refractivity contribution is -0.132. The summed E-state index contributed by atoms with van der Waals surface area (Å²) >= 11 is 13.5. The number of nitrogens with one attached hydrogen (secondary N) is 1. The van der Waals surface area contributed by atoms with Crippen molar-refractivity contribution in [3.8, 4) is 0 Å². The van der Waals surface area contributed by atoms with E-state index in [2.05, 4.69) is 12.2 Å². The number of hydrogen-bond acceptors (Lipinski definition) is 3. The van der Waals surface area contributed by atoms with Crippen molar-refractivity contribution in [1.82, 2.24) is 10.2 Å². The molecule has 2 heterocycles. The molecule has 0 saturated carbocycles. The minimum Gasteiger partial charge on any atom is -0.344 e. The smallest absolute Gasteiger partial charge is 0.222 e. The Morgan fingerprint density at radius 2 is 2.28 bits per heavy atom. The van der Waals surface area contributed by atoms with Gasteiger partial charge in [-0.3, -0.25) is 4.79 Å². The zero-order chi connectivity index (χ0) is 13.3. The van der Waals surface area contributed by atoms with Crippen LogP contribution in [-0.4, -0.2) is 30.4 Å². The largest absolute Gasteiger partial charge is 0.344 e. The number of nitrogens with zero attached hydrogens (tertiary/aromatic N) is 1. The van der Waals surface area contributed by atoms with E-state index in [0.717, 1.165) is 22.9 Å². The summed E-state index contributed by atoms with van der Waals surface area (Å²) < 4.78 is 1.44. The van der Waals surface area contributed by atoms with E-state index in [0.29, 0.717) is 16.8 Å². The molecule has 1 N–H and O–H groups in total. The van der Waals surface area contributed by atoms with Crippen LogP contribution >= 0.6 is 34.5 Å². The van der Waals surface area contributed by atoms with Gasteiger partial charge < -0.3 is 10.2 Å². The maximum Gasteiger partial charge on any atom is 0.222 e. The molecule has 1 fully saturated rings. The lowest BCUT2D eigenvalue weighted by Gasteiger charge is -2.32. The Hall–Kier alpha value is -0.290. The van der Waals surface area contributed by atoms with E-state index in [1.807, 2.05) is 13.1 Å². The predicted molar refractivity (Wildman–Crippen MR) is 76.5 cm³/mol. The van der Waals surface area contributed by atoms with E-state index in [9.17, 15) is 4.79 Å². The average Bonchev–Trinajstić information content (AvgIpc) is 2.63. The van der Waals surface area contributed by atoms with E-state index in [4.69, 9.17) is 23.2 Å². The predicted octanol–water partition coefficient (Wildman–Crippen LogP) is 3.33. The number of hydrogen-bond donors (Lipinski definition) is 1. The quantitative estimate of drug-likeness (QED) is 0.929. The van der Waals surface area contributed by atoms with Gasteiger partial charge in [-0.05, 0) is 25.0 Å². The number of rotatable bonds is 3. The number of carbonyl (C=O) groups is 1. The van der Waals surface area contributed by atoms with Gasteiger partial charge in [0.15, 0.2) is 0 Å². The summed E-state index contributed by atoms with van der Waals surface area (Å²) in [6.45, 7) is 2.82. The van der Waals surface area contributed by atoms with Crippen molar-refractivity contribution >= 4 is 40.4 Å². The lowest BCUT2D eigenvalue weighted by Crippen LogP contribution is -2.47. The van der Waals surface area contributed by atoms with E-state index in [1.54, 1.807) is 4.90 Å². The third-order valence-corrected chi connectivity index (χ3v) is 4.78. The first-order valence-corrected chi connectivity index (χ1v) is 7.49. The molecule has 1 aromatic heterocycles. The highest BCUT2D eigenvalue weighted by Gasteiger charge is 2.25. The molecule has 1 saturated heterocycles. The van der Waals surface area contributed by atoms with Crippen LogP contribution < -0.4 is 5.32 Å². The number of amides is 1. The molecule has 0 radical (unpaired) electrons. The van der Waals surface area contributed by atoms with Crippen LogP contribution in [0, 0.1) is 0 Å². The highest BCUT2D eigenvalue weighted by Crippen LogP contribution is 2.35. The second-order valence-corrected chi connectivity index (χ2v) is 6.96. The Kier molecular flexibility index (Phi) is 4.54. The lowest BCUT2D eigenvalue weighted by atomic mass is 10.0. The monoisotopic (exact) mass is 306 g/mol. The van der Waals surface area contributed by atoms with Crippen molar-refractivity contribution in [3.63, 3.8) is 0 Å². The number of carbonyl (C=O) groups excluding carboxylic acids is 1. The van der Waals surface area contributed by atoms with Crippen LogP contribution in [0.25, 0.3) is 0 Å². The molecule has 100 valence electrons. The first-order valence-electron chi connectivity index (χ1n) is 5.92. The maximum absolute atomic E-state index is 11.4. The first kappa shape index (κ1) is 14.1. The van der Waals surface area contributed by atoms with E-state index < -0.39 is 0 Å². The molecule has 2 unspecified atom stereocenters. The molecule has 18 heavy (non-hydrogen) atoms. The molecule has 2 atom stereocenters. The molecule has 3 nitrogen and oxygen atoms in total. The van der Waals surface area contributed by atoms with E-state index in [-0.39, 0.29) is 11.9 Å². The summed E-state index contributed by atoms with van der Waals surface area (Å²) in [4.78, 5) is 13.2. The van der Waals surface area contributed by atoms with Crippen LogP contribution in [0.1, 0.15) is 31.4 Å². The van der Waals surface area contributed by atoms with Crippen LogP contribution in [-0.2, 0) is 4.79 Å². The fraction of sp³-hybridized carbons (Fsp3) is 0.583. The standard InChI is InChI=1S/C12H16Cl2N2OS/c1-7(9-5-10(13)18-12(9)14)15-8-3-4-11(17)16(2)6-8/h5,7-8,15H,3-4,6H2,1-2H3. The normalized spacial score (nSPS) is 22.3. The molecule has 0 bridgehead atoms. The number of piperidine rings is 1.